The van der Waals surface area contributed by atoms with Gasteiger partial charge in [-0.25, -0.2) is 4.98 Å². The molecule has 1 aliphatic heterocycles. The van der Waals surface area contributed by atoms with E-state index >= 15 is 0 Å². The van der Waals surface area contributed by atoms with Gasteiger partial charge in [0.05, 0.1) is 29.5 Å². The van der Waals surface area contributed by atoms with Gasteiger partial charge >= 0.3 is 0 Å². The topological polar surface area (TPSA) is 64.4 Å². The standard InChI is InChI=1S/C24H27N3O3S2/c1-15-7-9-17(10-8-15)27-23(29)20-18-5-3-4-6-19(18)32-21(20)25-24(27)31-16(2)22(28)26-11-13-30-14-12-26/h7-10,16H,3-6,11-14H2,1-2H3. The van der Waals surface area contributed by atoms with Crippen molar-refractivity contribution in [2.24, 2.45) is 0 Å². The zero-order valence-corrected chi connectivity index (χ0v) is 20.1. The van der Waals surface area contributed by atoms with Crippen molar-refractivity contribution in [2.75, 3.05) is 26.3 Å². The molecule has 0 saturated carbocycles. The maximum Gasteiger partial charge on any atom is 0.267 e. The van der Waals surface area contributed by atoms with Crippen molar-refractivity contribution >= 4 is 39.2 Å². The lowest BCUT2D eigenvalue weighted by Gasteiger charge is -2.29. The number of aryl methyl sites for hydroxylation is 3. The summed E-state index contributed by atoms with van der Waals surface area (Å²) < 4.78 is 7.09. The van der Waals surface area contributed by atoms with Crippen molar-refractivity contribution < 1.29 is 9.53 Å². The van der Waals surface area contributed by atoms with Gasteiger partial charge in [-0.1, -0.05) is 29.5 Å². The van der Waals surface area contributed by atoms with Crippen molar-refractivity contribution in [3.05, 3.63) is 50.6 Å². The zero-order valence-electron chi connectivity index (χ0n) is 18.4. The Labute approximate surface area is 195 Å². The number of amides is 1. The summed E-state index contributed by atoms with van der Waals surface area (Å²) in [6.07, 6.45) is 4.25. The highest BCUT2D eigenvalue weighted by Gasteiger charge is 2.27. The molecular formula is C24H27N3O3S2. The molecule has 1 unspecified atom stereocenters. The lowest BCUT2D eigenvalue weighted by molar-refractivity contribution is -0.134. The molecule has 1 aromatic carbocycles. The molecular weight excluding hydrogens is 442 g/mol. The predicted molar refractivity (Wildman–Crippen MR) is 129 cm³/mol. The van der Waals surface area contributed by atoms with Crippen molar-refractivity contribution in [2.45, 2.75) is 49.9 Å². The summed E-state index contributed by atoms with van der Waals surface area (Å²) in [7, 11) is 0. The molecule has 1 amide bonds. The minimum absolute atomic E-state index is 0.0215. The smallest absolute Gasteiger partial charge is 0.267 e. The lowest BCUT2D eigenvalue weighted by atomic mass is 9.97. The lowest BCUT2D eigenvalue weighted by Crippen LogP contribution is -2.44. The number of hydrogen-bond acceptors (Lipinski definition) is 6. The van der Waals surface area contributed by atoms with Gasteiger partial charge in [0, 0.05) is 18.0 Å². The van der Waals surface area contributed by atoms with E-state index in [4.69, 9.17) is 9.72 Å². The number of nitrogens with zero attached hydrogens (tertiary/aromatic N) is 3. The molecule has 2 aliphatic rings. The second kappa shape index (κ2) is 9.00. The minimum Gasteiger partial charge on any atom is -0.378 e. The van der Waals surface area contributed by atoms with Crippen molar-refractivity contribution in [1.29, 1.82) is 0 Å². The van der Waals surface area contributed by atoms with Gasteiger partial charge in [-0.2, -0.15) is 0 Å². The van der Waals surface area contributed by atoms with Crippen LogP contribution >= 0.6 is 23.1 Å². The molecule has 1 fully saturated rings. The van der Waals surface area contributed by atoms with Crippen LogP contribution in [0, 0.1) is 6.92 Å². The van der Waals surface area contributed by atoms with Crippen molar-refractivity contribution in [3.63, 3.8) is 0 Å². The minimum atomic E-state index is -0.344. The number of hydrogen-bond donors (Lipinski definition) is 0. The Hall–Kier alpha value is -2.16. The van der Waals surface area contributed by atoms with Crippen LogP contribution in [0.2, 0.25) is 0 Å². The highest BCUT2D eigenvalue weighted by Crippen LogP contribution is 2.36. The van der Waals surface area contributed by atoms with Crippen LogP contribution in [-0.2, 0) is 22.4 Å². The van der Waals surface area contributed by atoms with Gasteiger partial charge in [-0.15, -0.1) is 11.3 Å². The van der Waals surface area contributed by atoms with Gasteiger partial charge < -0.3 is 9.64 Å². The van der Waals surface area contributed by atoms with Crippen LogP contribution < -0.4 is 5.56 Å². The first-order valence-corrected chi connectivity index (χ1v) is 12.9. The van der Waals surface area contributed by atoms with Gasteiger partial charge in [-0.3, -0.25) is 14.2 Å². The van der Waals surface area contributed by atoms with E-state index in [1.54, 1.807) is 15.9 Å². The summed E-state index contributed by atoms with van der Waals surface area (Å²) in [4.78, 5) is 35.8. The average molecular weight is 470 g/mol. The van der Waals surface area contributed by atoms with Crippen LogP contribution in [0.3, 0.4) is 0 Å². The maximum absolute atomic E-state index is 13.8. The van der Waals surface area contributed by atoms with Crippen molar-refractivity contribution in [3.8, 4) is 5.69 Å². The van der Waals surface area contributed by atoms with Gasteiger partial charge in [0.15, 0.2) is 5.16 Å². The highest BCUT2D eigenvalue weighted by atomic mass is 32.2. The molecule has 1 aliphatic carbocycles. The Kier molecular flexibility index (Phi) is 6.09. The van der Waals surface area contributed by atoms with Crippen molar-refractivity contribution in [1.82, 2.24) is 14.5 Å². The summed E-state index contributed by atoms with van der Waals surface area (Å²) in [5, 5.41) is 1.00. The van der Waals surface area contributed by atoms with E-state index in [-0.39, 0.29) is 16.7 Å². The molecule has 0 spiro atoms. The number of carbonyl (C=O) groups is 1. The molecule has 0 radical (unpaired) electrons. The van der Waals surface area contributed by atoms with E-state index in [2.05, 4.69) is 0 Å². The molecule has 168 valence electrons. The van der Waals surface area contributed by atoms with E-state index in [0.29, 0.717) is 31.5 Å². The average Bonchev–Trinajstić information content (AvgIpc) is 3.19. The molecule has 8 heteroatoms. The molecule has 1 atom stereocenters. The number of aromatic nitrogens is 2. The number of ether oxygens (including phenoxy) is 1. The second-order valence-corrected chi connectivity index (χ2v) is 10.9. The fourth-order valence-corrected chi connectivity index (χ4v) is 6.75. The van der Waals surface area contributed by atoms with E-state index in [1.165, 1.54) is 28.6 Å². The van der Waals surface area contributed by atoms with Crippen LogP contribution in [0.5, 0.6) is 0 Å². The Bertz CT molecular complexity index is 1210. The van der Waals surface area contributed by atoms with Crippen LogP contribution in [0.25, 0.3) is 15.9 Å². The molecule has 3 aromatic rings. The summed E-state index contributed by atoms with van der Waals surface area (Å²) >= 11 is 3.02. The van der Waals surface area contributed by atoms with Crippen LogP contribution in [0.4, 0.5) is 0 Å². The molecule has 5 rings (SSSR count). The van der Waals surface area contributed by atoms with Crippen LogP contribution in [0.15, 0.2) is 34.2 Å². The normalized spacial score (nSPS) is 17.4. The molecule has 32 heavy (non-hydrogen) atoms. The fraction of sp³-hybridized carbons (Fsp3) is 0.458. The number of rotatable bonds is 4. The Morgan fingerprint density at radius 1 is 1.16 bits per heavy atom. The van der Waals surface area contributed by atoms with Crippen LogP contribution in [0.1, 0.15) is 35.8 Å². The largest absolute Gasteiger partial charge is 0.378 e. The molecule has 0 N–H and O–H groups in total. The quantitative estimate of drug-likeness (QED) is 0.427. The van der Waals surface area contributed by atoms with E-state index in [1.807, 2.05) is 43.0 Å². The third-order valence-electron chi connectivity index (χ3n) is 6.20. The van der Waals surface area contributed by atoms with E-state index in [0.717, 1.165) is 40.7 Å². The zero-order chi connectivity index (χ0) is 22.2. The Balaban J connectivity index is 1.60. The van der Waals surface area contributed by atoms with E-state index in [9.17, 15) is 9.59 Å². The predicted octanol–water partition coefficient (Wildman–Crippen LogP) is 3.97. The summed E-state index contributed by atoms with van der Waals surface area (Å²) in [5.74, 6) is 0.0635. The second-order valence-electron chi connectivity index (χ2n) is 8.46. The third kappa shape index (κ3) is 4.00. The first-order valence-electron chi connectivity index (χ1n) is 11.2. The SMILES string of the molecule is Cc1ccc(-n2c(SC(C)C(=O)N3CCOCC3)nc3sc4c(c3c2=O)CCCC4)cc1. The molecule has 1 saturated heterocycles. The first kappa shape index (κ1) is 21.7. The van der Waals surface area contributed by atoms with Gasteiger partial charge in [0.2, 0.25) is 5.91 Å². The maximum atomic E-state index is 13.8. The molecule has 3 heterocycles. The number of fused-ring (bicyclic) bond motifs is 3. The fourth-order valence-electron chi connectivity index (χ4n) is 4.44. The molecule has 2 aromatic heterocycles. The monoisotopic (exact) mass is 469 g/mol. The summed E-state index contributed by atoms with van der Waals surface area (Å²) in [6, 6.07) is 7.93. The van der Waals surface area contributed by atoms with Gasteiger partial charge in [-0.05, 0) is 57.2 Å². The Morgan fingerprint density at radius 2 is 1.88 bits per heavy atom. The molecule has 0 bridgehead atoms. The first-order chi connectivity index (χ1) is 15.5. The Morgan fingerprint density at radius 3 is 2.62 bits per heavy atom. The number of thioether (sulfide) groups is 1. The number of thiophene rings is 1. The number of morpholine rings is 1. The van der Waals surface area contributed by atoms with Crippen LogP contribution in [-0.4, -0.2) is 51.9 Å². The van der Waals surface area contributed by atoms with Gasteiger partial charge in [0.1, 0.15) is 4.83 Å². The third-order valence-corrected chi connectivity index (χ3v) is 8.43. The van der Waals surface area contributed by atoms with Gasteiger partial charge in [0.25, 0.3) is 5.56 Å². The summed E-state index contributed by atoms with van der Waals surface area (Å²) in [5.41, 5.74) is 3.09. The number of carbonyl (C=O) groups excluding carboxylic acids is 1. The van der Waals surface area contributed by atoms with E-state index < -0.39 is 0 Å². The summed E-state index contributed by atoms with van der Waals surface area (Å²) in [6.45, 7) is 6.29. The number of benzene rings is 1. The molecule has 6 nitrogen and oxygen atoms in total. The highest BCUT2D eigenvalue weighted by molar-refractivity contribution is 8.00.